The summed E-state index contributed by atoms with van der Waals surface area (Å²) in [6, 6.07) is 33.2. The first-order valence-corrected chi connectivity index (χ1v) is 14.8. The van der Waals surface area contributed by atoms with Crippen LogP contribution in [0.15, 0.2) is 124 Å². The van der Waals surface area contributed by atoms with Gasteiger partial charge in [-0.05, 0) is 59.7 Å². The quantitative estimate of drug-likeness (QED) is 0.237. The fraction of sp³-hybridized carbons (Fsp3) is 0.0625. The number of fused-ring (bicyclic) bond motifs is 2. The Morgan fingerprint density at radius 1 is 0.825 bits per heavy atom. The summed E-state index contributed by atoms with van der Waals surface area (Å²) in [6.45, 7) is 0.0639. The standard InChI is InChI=1S/C32H24ClN3O2S2/c33-24-17-14-23(15-18-24)20-29-32(38)36(31(40-29)19-16-22-8-2-1-3-9-22)34-30(37)21-35-25-10-4-6-12-27(25)39-28-13-7-5-11-26(28)35/h1-20,31H,21H2,(H,34,37)/b19-16+,29-20+. The number of anilines is 2. The number of hydrazine groups is 1. The summed E-state index contributed by atoms with van der Waals surface area (Å²) in [6.07, 6.45) is 5.72. The molecule has 0 aromatic heterocycles. The number of carbonyl (C=O) groups excluding carboxylic acids is 2. The number of nitrogens with zero attached hydrogens (tertiary/aromatic N) is 2. The lowest BCUT2D eigenvalue weighted by atomic mass is 10.2. The van der Waals surface area contributed by atoms with Crippen molar-refractivity contribution in [2.75, 3.05) is 11.4 Å². The highest BCUT2D eigenvalue weighted by Crippen LogP contribution is 2.47. The van der Waals surface area contributed by atoms with Crippen molar-refractivity contribution < 1.29 is 9.59 Å². The van der Waals surface area contributed by atoms with E-state index in [1.54, 1.807) is 23.9 Å². The predicted molar refractivity (Wildman–Crippen MR) is 165 cm³/mol. The van der Waals surface area contributed by atoms with Crippen LogP contribution < -0.4 is 10.3 Å². The molecule has 1 fully saturated rings. The molecule has 4 aromatic carbocycles. The van der Waals surface area contributed by atoms with Crippen LogP contribution in [0.1, 0.15) is 11.1 Å². The molecule has 8 heteroatoms. The van der Waals surface area contributed by atoms with Crippen molar-refractivity contribution in [1.82, 2.24) is 10.4 Å². The van der Waals surface area contributed by atoms with E-state index in [0.29, 0.717) is 9.93 Å². The minimum atomic E-state index is -0.410. The average molecular weight is 582 g/mol. The molecule has 198 valence electrons. The van der Waals surface area contributed by atoms with E-state index in [2.05, 4.69) is 17.6 Å². The molecule has 0 saturated carbocycles. The fourth-order valence-corrected chi connectivity index (χ4v) is 6.83. The number of amides is 2. The number of nitrogens with one attached hydrogen (secondary N) is 1. The maximum absolute atomic E-state index is 13.6. The van der Waals surface area contributed by atoms with Crippen LogP contribution in [0.2, 0.25) is 5.02 Å². The van der Waals surface area contributed by atoms with Crippen molar-refractivity contribution >= 4 is 70.5 Å². The van der Waals surface area contributed by atoms with Gasteiger partial charge in [0, 0.05) is 14.8 Å². The van der Waals surface area contributed by atoms with Gasteiger partial charge in [0.25, 0.3) is 11.8 Å². The highest BCUT2D eigenvalue weighted by Gasteiger charge is 2.36. The number of benzene rings is 4. The van der Waals surface area contributed by atoms with Crippen LogP contribution in [0.3, 0.4) is 0 Å². The van der Waals surface area contributed by atoms with Gasteiger partial charge in [-0.2, -0.15) is 0 Å². The fourth-order valence-electron chi connectivity index (χ4n) is 4.54. The first-order valence-electron chi connectivity index (χ1n) is 12.7. The van der Waals surface area contributed by atoms with Crippen molar-refractivity contribution in [3.05, 3.63) is 130 Å². The minimum absolute atomic E-state index is 0.0639. The van der Waals surface area contributed by atoms with Gasteiger partial charge in [-0.3, -0.25) is 15.0 Å². The molecule has 0 radical (unpaired) electrons. The molecule has 2 aliphatic heterocycles. The zero-order chi connectivity index (χ0) is 27.5. The van der Waals surface area contributed by atoms with Crippen LogP contribution in [-0.2, 0) is 9.59 Å². The molecule has 0 bridgehead atoms. The Morgan fingerprint density at radius 3 is 2.12 bits per heavy atom. The third-order valence-electron chi connectivity index (χ3n) is 6.43. The Labute approximate surface area is 246 Å². The summed E-state index contributed by atoms with van der Waals surface area (Å²) >= 11 is 9.12. The Morgan fingerprint density at radius 2 is 1.45 bits per heavy atom. The summed E-state index contributed by atoms with van der Waals surface area (Å²) in [5.41, 5.74) is 6.71. The van der Waals surface area contributed by atoms with Gasteiger partial charge >= 0.3 is 0 Å². The SMILES string of the molecule is O=C(CN1c2ccccc2Sc2ccccc21)NN1C(=O)/C(=C\c2ccc(Cl)cc2)SC1/C=C/c1ccccc1. The second-order valence-electron chi connectivity index (χ2n) is 9.17. The minimum Gasteiger partial charge on any atom is -0.330 e. The lowest BCUT2D eigenvalue weighted by Crippen LogP contribution is -2.49. The molecule has 0 aliphatic carbocycles. The summed E-state index contributed by atoms with van der Waals surface area (Å²) in [5.74, 6) is -0.540. The van der Waals surface area contributed by atoms with Crippen LogP contribution in [0, 0.1) is 0 Å². The van der Waals surface area contributed by atoms with Gasteiger partial charge in [-0.25, -0.2) is 5.01 Å². The van der Waals surface area contributed by atoms with Crippen molar-refractivity contribution in [2.45, 2.75) is 15.2 Å². The number of halogens is 1. The van der Waals surface area contributed by atoms with Gasteiger partial charge in [-0.1, -0.05) is 108 Å². The number of thioether (sulfide) groups is 1. The van der Waals surface area contributed by atoms with Crippen molar-refractivity contribution in [2.24, 2.45) is 0 Å². The van der Waals surface area contributed by atoms with Crippen molar-refractivity contribution in [3.63, 3.8) is 0 Å². The molecule has 2 heterocycles. The molecule has 5 nitrogen and oxygen atoms in total. The first kappa shape index (κ1) is 26.3. The van der Waals surface area contributed by atoms with Gasteiger partial charge in [0.05, 0.1) is 16.3 Å². The van der Waals surface area contributed by atoms with Crippen molar-refractivity contribution in [3.8, 4) is 0 Å². The summed E-state index contributed by atoms with van der Waals surface area (Å²) in [5, 5.41) is 1.64. The van der Waals surface area contributed by atoms with Crippen LogP contribution in [0.5, 0.6) is 0 Å². The Hall–Kier alpha value is -3.91. The van der Waals surface area contributed by atoms with E-state index in [-0.39, 0.29) is 18.4 Å². The molecule has 2 aliphatic rings. The molecule has 6 rings (SSSR count). The molecule has 1 saturated heterocycles. The Kier molecular flexibility index (Phi) is 7.68. The van der Waals surface area contributed by atoms with Gasteiger partial charge in [0.15, 0.2) is 0 Å². The second-order valence-corrected chi connectivity index (χ2v) is 11.9. The van der Waals surface area contributed by atoms with Crippen LogP contribution >= 0.6 is 35.1 Å². The first-order chi connectivity index (χ1) is 19.5. The lowest BCUT2D eigenvalue weighted by Gasteiger charge is -2.33. The zero-order valence-electron chi connectivity index (χ0n) is 21.2. The van der Waals surface area contributed by atoms with Crippen molar-refractivity contribution in [1.29, 1.82) is 0 Å². The highest BCUT2D eigenvalue weighted by molar-refractivity contribution is 8.05. The van der Waals surface area contributed by atoms with Gasteiger partial charge in [-0.15, -0.1) is 0 Å². The molecule has 1 unspecified atom stereocenters. The van der Waals surface area contributed by atoms with Gasteiger partial charge in [0.1, 0.15) is 11.9 Å². The second kappa shape index (κ2) is 11.7. The van der Waals surface area contributed by atoms with E-state index in [0.717, 1.165) is 32.3 Å². The maximum Gasteiger partial charge on any atom is 0.280 e. The highest BCUT2D eigenvalue weighted by atomic mass is 35.5. The summed E-state index contributed by atoms with van der Waals surface area (Å²) < 4.78 is 0. The number of rotatable bonds is 6. The molecule has 2 amide bonds. The van der Waals surface area contributed by atoms with Crippen LogP contribution in [0.25, 0.3) is 12.2 Å². The molecular formula is C32H24ClN3O2S2. The number of para-hydroxylation sites is 2. The molecule has 1 N–H and O–H groups in total. The lowest BCUT2D eigenvalue weighted by molar-refractivity contribution is -0.136. The van der Waals surface area contributed by atoms with E-state index in [9.17, 15) is 9.59 Å². The molecule has 40 heavy (non-hydrogen) atoms. The topological polar surface area (TPSA) is 52.7 Å². The molecule has 1 atom stereocenters. The number of hydrogen-bond acceptors (Lipinski definition) is 5. The van der Waals surface area contributed by atoms with E-state index < -0.39 is 5.37 Å². The van der Waals surface area contributed by atoms with Crippen LogP contribution in [0.4, 0.5) is 11.4 Å². The van der Waals surface area contributed by atoms with Gasteiger partial charge in [0.2, 0.25) is 0 Å². The Balaban J connectivity index is 1.27. The summed E-state index contributed by atoms with van der Waals surface area (Å²) in [7, 11) is 0. The molecule has 4 aromatic rings. The van der Waals surface area contributed by atoms with E-state index in [4.69, 9.17) is 11.6 Å². The normalized spacial score (nSPS) is 17.3. The average Bonchev–Trinajstić information content (AvgIpc) is 3.26. The number of carbonyl (C=O) groups is 2. The number of hydrogen-bond donors (Lipinski definition) is 1. The summed E-state index contributed by atoms with van der Waals surface area (Å²) in [4.78, 5) is 31.8. The monoisotopic (exact) mass is 581 g/mol. The zero-order valence-corrected chi connectivity index (χ0v) is 23.6. The Bertz CT molecular complexity index is 1580. The van der Waals surface area contributed by atoms with Gasteiger partial charge < -0.3 is 4.90 Å². The largest absolute Gasteiger partial charge is 0.330 e. The van der Waals surface area contributed by atoms with E-state index >= 15 is 0 Å². The van der Waals surface area contributed by atoms with E-state index in [1.807, 2.05) is 102 Å². The smallest absolute Gasteiger partial charge is 0.280 e. The molecular weight excluding hydrogens is 558 g/mol. The van der Waals surface area contributed by atoms with E-state index in [1.165, 1.54) is 16.8 Å². The molecule has 0 spiro atoms. The third kappa shape index (κ3) is 5.68. The maximum atomic E-state index is 13.6. The van der Waals surface area contributed by atoms with Crippen LogP contribution in [-0.4, -0.2) is 28.7 Å². The predicted octanol–water partition coefficient (Wildman–Crippen LogP) is 7.63. The third-order valence-corrected chi connectivity index (χ3v) is 8.97.